The van der Waals surface area contributed by atoms with Crippen molar-refractivity contribution in [3.8, 4) is 0 Å². The molecule has 0 saturated carbocycles. The number of nitrogens with zero attached hydrogens (tertiary/aromatic N) is 1. The summed E-state index contributed by atoms with van der Waals surface area (Å²) in [6, 6.07) is -0.928. The average Bonchev–Trinajstić information content (AvgIpc) is 3.44. The summed E-state index contributed by atoms with van der Waals surface area (Å²) in [6.07, 6.45) is 85.3. The summed E-state index contributed by atoms with van der Waals surface area (Å²) in [4.78, 5) is 40.1. The number of amides is 1. The van der Waals surface area contributed by atoms with E-state index in [0.29, 0.717) is 23.9 Å². The predicted molar refractivity (Wildman–Crippen MR) is 348 cm³/mol. The highest BCUT2D eigenvalue weighted by Crippen LogP contribution is 2.38. The lowest BCUT2D eigenvalue weighted by Crippen LogP contribution is -2.47. The van der Waals surface area contributed by atoms with Crippen LogP contribution < -0.4 is 10.2 Å². The number of hydrogen-bond donors (Lipinski definition) is 1. The van der Waals surface area contributed by atoms with Crippen LogP contribution in [0.4, 0.5) is 0 Å². The van der Waals surface area contributed by atoms with Crippen LogP contribution in [0.15, 0.2) is 146 Å². The Labute approximate surface area is 498 Å². The average molecular weight is 1140 g/mol. The smallest absolute Gasteiger partial charge is 0.306 e. The Hall–Kier alpha value is -4.11. The van der Waals surface area contributed by atoms with Gasteiger partial charge in [0, 0.05) is 12.8 Å². The molecule has 460 valence electrons. The van der Waals surface area contributed by atoms with Crippen molar-refractivity contribution in [3.05, 3.63) is 146 Å². The second kappa shape index (κ2) is 59.1. The van der Waals surface area contributed by atoms with Crippen molar-refractivity contribution >= 4 is 19.7 Å². The molecule has 0 aliphatic heterocycles. The van der Waals surface area contributed by atoms with E-state index in [4.69, 9.17) is 13.8 Å². The van der Waals surface area contributed by atoms with E-state index in [-0.39, 0.29) is 31.3 Å². The molecule has 0 aromatic carbocycles. The van der Waals surface area contributed by atoms with Crippen LogP contribution in [0.5, 0.6) is 0 Å². The molecule has 0 heterocycles. The first-order valence-electron chi connectivity index (χ1n) is 32.1. The minimum Gasteiger partial charge on any atom is -0.756 e. The van der Waals surface area contributed by atoms with E-state index in [2.05, 4.69) is 160 Å². The fraction of sp³-hybridized carbons (Fsp3) is 0.634. The van der Waals surface area contributed by atoms with Crippen molar-refractivity contribution in [2.24, 2.45) is 0 Å². The number of carbonyl (C=O) groups is 2. The fourth-order valence-corrected chi connectivity index (χ4v) is 9.10. The van der Waals surface area contributed by atoms with Crippen LogP contribution in [0.3, 0.4) is 0 Å². The maximum absolute atomic E-state index is 13.6. The van der Waals surface area contributed by atoms with Gasteiger partial charge in [-0.3, -0.25) is 14.2 Å². The molecule has 0 saturated heterocycles. The Morgan fingerprint density at radius 1 is 0.444 bits per heavy atom. The summed E-state index contributed by atoms with van der Waals surface area (Å²) in [6.45, 7) is 6.55. The lowest BCUT2D eigenvalue weighted by Gasteiger charge is -2.30. The Bertz CT molecular complexity index is 1890. The second-order valence-corrected chi connectivity index (χ2v) is 23.6. The zero-order valence-corrected chi connectivity index (χ0v) is 53.3. The Kier molecular flexibility index (Phi) is 56.1. The van der Waals surface area contributed by atoms with Gasteiger partial charge in [0.2, 0.25) is 5.91 Å². The normalized spacial score (nSPS) is 14.6. The van der Waals surface area contributed by atoms with E-state index >= 15 is 0 Å². The van der Waals surface area contributed by atoms with Gasteiger partial charge >= 0.3 is 5.97 Å². The molecule has 3 unspecified atom stereocenters. The van der Waals surface area contributed by atoms with Gasteiger partial charge in [0.25, 0.3) is 7.82 Å². The highest BCUT2D eigenvalue weighted by Gasteiger charge is 2.27. The quantitative estimate of drug-likeness (QED) is 0.0212. The molecule has 0 aliphatic carbocycles. The van der Waals surface area contributed by atoms with E-state index in [0.717, 1.165) is 135 Å². The van der Waals surface area contributed by atoms with Gasteiger partial charge in [0.1, 0.15) is 19.3 Å². The third kappa shape index (κ3) is 60.3. The number of likely N-dealkylation sites (N-methyl/N-ethyl adjacent to an activating group) is 1. The molecule has 0 rings (SSSR count). The number of rotatable bonds is 56. The molecule has 10 heteroatoms. The van der Waals surface area contributed by atoms with Crippen molar-refractivity contribution in [2.45, 2.75) is 251 Å². The van der Waals surface area contributed by atoms with E-state index in [1.807, 2.05) is 33.3 Å². The lowest BCUT2D eigenvalue weighted by atomic mass is 10.0. The van der Waals surface area contributed by atoms with Crippen LogP contribution in [0.2, 0.25) is 0 Å². The summed E-state index contributed by atoms with van der Waals surface area (Å²) in [5.41, 5.74) is 0. The number of nitrogens with one attached hydrogen (secondary N) is 1. The van der Waals surface area contributed by atoms with Crippen LogP contribution in [0.25, 0.3) is 0 Å². The Morgan fingerprint density at radius 2 is 0.790 bits per heavy atom. The Balaban J connectivity index is 5.38. The summed E-state index contributed by atoms with van der Waals surface area (Å²) in [5.74, 6) is -0.619. The molecule has 0 radical (unpaired) electrons. The van der Waals surface area contributed by atoms with Gasteiger partial charge in [0.05, 0.1) is 33.8 Å². The van der Waals surface area contributed by atoms with E-state index < -0.39 is 26.6 Å². The fourth-order valence-electron chi connectivity index (χ4n) is 8.37. The van der Waals surface area contributed by atoms with Gasteiger partial charge in [-0.05, 0) is 128 Å². The van der Waals surface area contributed by atoms with Crippen molar-refractivity contribution in [2.75, 3.05) is 40.9 Å². The van der Waals surface area contributed by atoms with Gasteiger partial charge < -0.3 is 28.5 Å². The highest BCUT2D eigenvalue weighted by atomic mass is 31.2. The lowest BCUT2D eigenvalue weighted by molar-refractivity contribution is -0.870. The van der Waals surface area contributed by atoms with Gasteiger partial charge in [-0.1, -0.05) is 244 Å². The number of carbonyl (C=O) groups excluding carboxylic acids is 2. The van der Waals surface area contributed by atoms with Gasteiger partial charge in [-0.15, -0.1) is 0 Å². The van der Waals surface area contributed by atoms with Crippen LogP contribution in [0.1, 0.15) is 239 Å². The molecule has 81 heavy (non-hydrogen) atoms. The molecule has 9 nitrogen and oxygen atoms in total. The van der Waals surface area contributed by atoms with E-state index in [1.54, 1.807) is 0 Å². The highest BCUT2D eigenvalue weighted by molar-refractivity contribution is 7.45. The molecule has 1 N–H and O–H groups in total. The Morgan fingerprint density at radius 3 is 1.20 bits per heavy atom. The summed E-state index contributed by atoms with van der Waals surface area (Å²) in [7, 11) is 1.12. The molecule has 0 aromatic rings. The number of ether oxygens (including phenoxy) is 1. The first-order chi connectivity index (χ1) is 39.4. The minimum absolute atomic E-state index is 0.0419. The second-order valence-electron chi connectivity index (χ2n) is 22.1. The van der Waals surface area contributed by atoms with Crippen LogP contribution in [-0.4, -0.2) is 69.4 Å². The maximum Gasteiger partial charge on any atom is 0.306 e. The SMILES string of the molecule is CC/C=C\C/C=C\C/C=C\C/C=C\C/C=C\C/C=C\CCCCCCC(=O)NC(COP(=O)([O-])OCC[N+](C)(C)C)C(/C=C\CCCCCCCCCCCCC)OC(=O)CCCCC/C=C\C/C=C\C/C=C\C/C=C\C/C=C\CC. The van der Waals surface area contributed by atoms with Crippen LogP contribution in [-0.2, 0) is 27.9 Å². The van der Waals surface area contributed by atoms with Crippen LogP contribution in [0, 0.1) is 0 Å². The number of esters is 1. The van der Waals surface area contributed by atoms with E-state index in [1.165, 1.54) is 57.8 Å². The number of phosphoric acid groups is 1. The predicted octanol–water partition coefficient (Wildman–Crippen LogP) is 19.6. The summed E-state index contributed by atoms with van der Waals surface area (Å²) in [5, 5.41) is 3.01. The minimum atomic E-state index is -4.73. The third-order valence-corrected chi connectivity index (χ3v) is 14.2. The standard InChI is InChI=1S/C71H119N2O7P/c1-7-10-13-16-19-22-25-28-30-32-34-35-36-37-39-40-42-45-48-51-54-57-60-63-70(74)72-68(67-79-81(76,77)78-66-65-73(4,5)6)69(62-59-56-53-50-47-44-27-24-21-18-15-12-9-3)80-71(75)64-61-58-55-52-49-46-43-41-38-33-31-29-26-23-20-17-14-11-8-2/h10-11,13-14,19-20,22-23,28-31,34-35,37-39,41-42,45-46,49,59,62,68-69H,7-9,12,15-18,21,24-27,32-33,36,40,43-44,47-48,50-58,60-61,63-67H2,1-6H3,(H-,72,74,76,77)/b13-10-,14-11-,22-19-,23-20-,30-28-,31-29-,35-34-,39-37-,41-38-,45-42-,49-46-,62-59-. The summed E-state index contributed by atoms with van der Waals surface area (Å²) < 4.78 is 30.3. The molecule has 0 spiro atoms. The maximum atomic E-state index is 13.6. The topological polar surface area (TPSA) is 114 Å². The largest absolute Gasteiger partial charge is 0.756 e. The molecule has 0 aromatic heterocycles. The van der Waals surface area contributed by atoms with Gasteiger partial charge in [0.15, 0.2) is 0 Å². The van der Waals surface area contributed by atoms with Crippen LogP contribution >= 0.6 is 7.82 Å². The molecule has 0 fully saturated rings. The molecular formula is C71H119N2O7P. The molecule has 3 atom stereocenters. The van der Waals surface area contributed by atoms with Crippen molar-refractivity contribution in [3.63, 3.8) is 0 Å². The number of phosphoric ester groups is 1. The molecular weight excluding hydrogens is 1020 g/mol. The summed E-state index contributed by atoms with van der Waals surface area (Å²) >= 11 is 0. The van der Waals surface area contributed by atoms with E-state index in [9.17, 15) is 19.0 Å². The number of hydrogen-bond acceptors (Lipinski definition) is 7. The van der Waals surface area contributed by atoms with Crippen molar-refractivity contribution in [1.29, 1.82) is 0 Å². The molecule has 1 amide bonds. The third-order valence-electron chi connectivity index (χ3n) is 13.3. The first-order valence-corrected chi connectivity index (χ1v) is 33.6. The molecule has 0 bridgehead atoms. The number of unbranched alkanes of at least 4 members (excludes halogenated alkanes) is 18. The first kappa shape index (κ1) is 76.9. The van der Waals surface area contributed by atoms with Crippen molar-refractivity contribution in [1.82, 2.24) is 5.32 Å². The number of allylic oxidation sites excluding steroid dienone is 23. The zero-order chi connectivity index (χ0) is 59.3. The molecule has 0 aliphatic rings. The van der Waals surface area contributed by atoms with Gasteiger partial charge in [-0.2, -0.15) is 0 Å². The monoisotopic (exact) mass is 1140 g/mol. The number of quaternary nitrogens is 1. The van der Waals surface area contributed by atoms with Crippen molar-refractivity contribution < 1.29 is 37.3 Å². The zero-order valence-electron chi connectivity index (χ0n) is 52.4. The van der Waals surface area contributed by atoms with Gasteiger partial charge in [-0.25, -0.2) is 0 Å².